The Hall–Kier alpha value is -2.96. The number of nitrogens with one attached hydrogen (secondary N) is 1. The van der Waals surface area contributed by atoms with E-state index < -0.39 is 0 Å². The molecule has 23 heavy (non-hydrogen) atoms. The normalized spacial score (nSPS) is 10.9. The molecule has 7 heteroatoms. The summed E-state index contributed by atoms with van der Waals surface area (Å²) in [6.07, 6.45) is 1.76. The van der Waals surface area contributed by atoms with Gasteiger partial charge in [-0.25, -0.2) is 4.68 Å². The van der Waals surface area contributed by atoms with E-state index in [1.807, 2.05) is 31.2 Å². The van der Waals surface area contributed by atoms with Crippen molar-refractivity contribution in [2.24, 2.45) is 7.05 Å². The summed E-state index contributed by atoms with van der Waals surface area (Å²) in [5.41, 5.74) is 1.37. The van der Waals surface area contributed by atoms with E-state index in [1.165, 1.54) is 4.68 Å². The lowest BCUT2D eigenvalue weighted by molar-refractivity contribution is -0.122. The third kappa shape index (κ3) is 3.13. The summed E-state index contributed by atoms with van der Waals surface area (Å²) in [6.45, 7) is 2.28. The van der Waals surface area contributed by atoms with Crippen LogP contribution in [0.15, 0.2) is 41.3 Å². The molecule has 0 aliphatic rings. The van der Waals surface area contributed by atoms with Crippen LogP contribution in [-0.4, -0.2) is 25.5 Å². The van der Waals surface area contributed by atoms with Crippen LogP contribution in [-0.2, 0) is 24.9 Å². The van der Waals surface area contributed by atoms with Crippen LogP contribution in [0.25, 0.3) is 10.8 Å². The number of rotatable bonds is 4. The van der Waals surface area contributed by atoms with Crippen LogP contribution >= 0.6 is 0 Å². The fourth-order valence-corrected chi connectivity index (χ4v) is 2.44. The summed E-state index contributed by atoms with van der Waals surface area (Å²) in [5, 5.41) is 12.6. The maximum absolute atomic E-state index is 12.1. The molecule has 1 amide bonds. The molecule has 3 aromatic rings. The van der Waals surface area contributed by atoms with Gasteiger partial charge in [-0.15, -0.1) is 0 Å². The molecule has 1 aromatic carbocycles. The van der Waals surface area contributed by atoms with Crippen molar-refractivity contribution in [2.45, 2.75) is 20.0 Å². The topological polar surface area (TPSA) is 81.8 Å². The minimum atomic E-state index is -0.159. The van der Waals surface area contributed by atoms with Gasteiger partial charge in [0.1, 0.15) is 6.54 Å². The highest BCUT2D eigenvalue weighted by atomic mass is 16.2. The summed E-state index contributed by atoms with van der Waals surface area (Å²) >= 11 is 0. The maximum atomic E-state index is 12.1. The van der Waals surface area contributed by atoms with Crippen LogP contribution in [0.5, 0.6) is 0 Å². The van der Waals surface area contributed by atoms with E-state index in [2.05, 4.69) is 15.5 Å². The molecular formula is C16H17N5O2. The minimum absolute atomic E-state index is 0.150. The van der Waals surface area contributed by atoms with E-state index in [4.69, 9.17) is 0 Å². The molecule has 2 heterocycles. The first-order chi connectivity index (χ1) is 11.0. The molecule has 0 aliphatic heterocycles. The van der Waals surface area contributed by atoms with Crippen molar-refractivity contribution < 1.29 is 4.79 Å². The highest BCUT2D eigenvalue weighted by Crippen LogP contribution is 2.12. The van der Waals surface area contributed by atoms with E-state index in [-0.39, 0.29) is 24.6 Å². The maximum Gasteiger partial charge on any atom is 0.274 e. The monoisotopic (exact) mass is 311 g/mol. The molecule has 118 valence electrons. The second kappa shape index (κ2) is 6.04. The zero-order chi connectivity index (χ0) is 16.4. The number of amides is 1. The van der Waals surface area contributed by atoms with Crippen molar-refractivity contribution in [3.05, 3.63) is 58.3 Å². The number of benzene rings is 1. The van der Waals surface area contributed by atoms with Crippen molar-refractivity contribution in [1.82, 2.24) is 24.9 Å². The Kier molecular flexibility index (Phi) is 3.92. The zero-order valence-electron chi connectivity index (χ0n) is 13.0. The molecule has 1 N–H and O–H groups in total. The standard InChI is InChI=1S/C16H17N5O2/c1-11-7-8-21(18-11)10-15(22)17-9-14-12-5-3-4-6-13(12)16(23)20(2)19-14/h3-8H,9-10H2,1-2H3,(H,17,22). The highest BCUT2D eigenvalue weighted by Gasteiger charge is 2.10. The van der Waals surface area contributed by atoms with Gasteiger partial charge in [-0.1, -0.05) is 18.2 Å². The lowest BCUT2D eigenvalue weighted by Gasteiger charge is -2.09. The van der Waals surface area contributed by atoms with Crippen molar-refractivity contribution in [1.29, 1.82) is 0 Å². The predicted octanol–water partition coefficient (Wildman–Crippen LogP) is 0.755. The Morgan fingerprint density at radius 3 is 2.61 bits per heavy atom. The van der Waals surface area contributed by atoms with Crippen molar-refractivity contribution in [3.63, 3.8) is 0 Å². The van der Waals surface area contributed by atoms with E-state index in [1.54, 1.807) is 24.0 Å². The van der Waals surface area contributed by atoms with Gasteiger partial charge in [0.2, 0.25) is 5.91 Å². The van der Waals surface area contributed by atoms with E-state index in [0.29, 0.717) is 11.1 Å². The summed E-state index contributed by atoms with van der Waals surface area (Å²) < 4.78 is 2.87. The number of aryl methyl sites for hydroxylation is 2. The molecule has 0 spiro atoms. The molecule has 7 nitrogen and oxygen atoms in total. The lowest BCUT2D eigenvalue weighted by atomic mass is 10.1. The molecule has 0 atom stereocenters. The third-order valence-electron chi connectivity index (χ3n) is 3.57. The molecule has 0 saturated heterocycles. The largest absolute Gasteiger partial charge is 0.349 e. The minimum Gasteiger partial charge on any atom is -0.349 e. The molecular weight excluding hydrogens is 294 g/mol. The fourth-order valence-electron chi connectivity index (χ4n) is 2.44. The molecule has 3 rings (SSSR count). The van der Waals surface area contributed by atoms with Crippen LogP contribution in [0.4, 0.5) is 0 Å². The number of fused-ring (bicyclic) bond motifs is 1. The second-order valence-electron chi connectivity index (χ2n) is 5.35. The van der Waals surface area contributed by atoms with Crippen LogP contribution in [0.1, 0.15) is 11.4 Å². The summed E-state index contributed by atoms with van der Waals surface area (Å²) in [7, 11) is 1.60. The van der Waals surface area contributed by atoms with Gasteiger partial charge in [0.05, 0.1) is 23.3 Å². The quantitative estimate of drug-likeness (QED) is 0.771. The van der Waals surface area contributed by atoms with Gasteiger partial charge in [0.25, 0.3) is 5.56 Å². The predicted molar refractivity (Wildman–Crippen MR) is 85.8 cm³/mol. The first kappa shape index (κ1) is 15.0. The number of carbonyl (C=O) groups is 1. The average molecular weight is 311 g/mol. The first-order valence-electron chi connectivity index (χ1n) is 7.26. The van der Waals surface area contributed by atoms with Crippen molar-refractivity contribution in [2.75, 3.05) is 0 Å². The Labute approximate surface area is 132 Å². The first-order valence-corrected chi connectivity index (χ1v) is 7.26. The van der Waals surface area contributed by atoms with Crippen LogP contribution in [0, 0.1) is 6.92 Å². The second-order valence-corrected chi connectivity index (χ2v) is 5.35. The molecule has 0 aliphatic carbocycles. The Morgan fingerprint density at radius 1 is 1.17 bits per heavy atom. The summed E-state index contributed by atoms with van der Waals surface area (Å²) in [6, 6.07) is 9.10. The Bertz CT molecular complexity index is 926. The fraction of sp³-hybridized carbons (Fsp3) is 0.250. The SMILES string of the molecule is Cc1ccn(CC(=O)NCc2nn(C)c(=O)c3ccccc23)n1. The van der Waals surface area contributed by atoms with E-state index in [9.17, 15) is 9.59 Å². The number of carbonyl (C=O) groups excluding carboxylic acids is 1. The molecule has 0 unspecified atom stereocenters. The van der Waals surface area contributed by atoms with Crippen molar-refractivity contribution in [3.8, 4) is 0 Å². The highest BCUT2D eigenvalue weighted by molar-refractivity contribution is 5.84. The number of hydrogen-bond donors (Lipinski definition) is 1. The van der Waals surface area contributed by atoms with Gasteiger partial charge in [-0.05, 0) is 19.1 Å². The summed E-state index contributed by atoms with van der Waals surface area (Å²) in [4.78, 5) is 24.1. The zero-order valence-corrected chi connectivity index (χ0v) is 13.0. The molecule has 0 bridgehead atoms. The van der Waals surface area contributed by atoms with Gasteiger partial charge < -0.3 is 5.32 Å². The van der Waals surface area contributed by atoms with Gasteiger partial charge in [0, 0.05) is 18.6 Å². The van der Waals surface area contributed by atoms with E-state index >= 15 is 0 Å². The summed E-state index contributed by atoms with van der Waals surface area (Å²) in [5.74, 6) is -0.159. The van der Waals surface area contributed by atoms with Crippen LogP contribution in [0.2, 0.25) is 0 Å². The number of aromatic nitrogens is 4. The van der Waals surface area contributed by atoms with Crippen LogP contribution in [0.3, 0.4) is 0 Å². The van der Waals surface area contributed by atoms with Gasteiger partial charge in [-0.3, -0.25) is 14.3 Å². The number of hydrogen-bond acceptors (Lipinski definition) is 4. The van der Waals surface area contributed by atoms with Gasteiger partial charge in [0.15, 0.2) is 0 Å². The van der Waals surface area contributed by atoms with Crippen molar-refractivity contribution >= 4 is 16.7 Å². The molecule has 0 fully saturated rings. The lowest BCUT2D eigenvalue weighted by Crippen LogP contribution is -2.29. The molecule has 2 aromatic heterocycles. The molecule has 0 radical (unpaired) electrons. The third-order valence-corrected chi connectivity index (χ3v) is 3.57. The average Bonchev–Trinajstić information content (AvgIpc) is 2.94. The smallest absolute Gasteiger partial charge is 0.274 e. The number of nitrogens with zero attached hydrogens (tertiary/aromatic N) is 4. The van der Waals surface area contributed by atoms with E-state index in [0.717, 1.165) is 11.1 Å². The molecule has 0 saturated carbocycles. The van der Waals surface area contributed by atoms with Gasteiger partial charge >= 0.3 is 0 Å². The van der Waals surface area contributed by atoms with Crippen LogP contribution < -0.4 is 10.9 Å². The van der Waals surface area contributed by atoms with Gasteiger partial charge in [-0.2, -0.15) is 10.2 Å². The Balaban J connectivity index is 1.78. The Morgan fingerprint density at radius 2 is 1.91 bits per heavy atom.